The molecule has 0 spiro atoms. The van der Waals surface area contributed by atoms with E-state index in [1.54, 1.807) is 0 Å². The summed E-state index contributed by atoms with van der Waals surface area (Å²) in [6.45, 7) is 2.16. The van der Waals surface area contributed by atoms with Crippen LogP contribution in [0.3, 0.4) is 0 Å². The molecule has 0 aliphatic carbocycles. The Hall–Kier alpha value is 0.456. The van der Waals surface area contributed by atoms with E-state index in [-0.39, 0.29) is 57.0 Å². The number of halogens is 3. The second-order valence-corrected chi connectivity index (χ2v) is 3.99. The third-order valence-electron chi connectivity index (χ3n) is 2.54. The van der Waals surface area contributed by atoms with Gasteiger partial charge in [-0.3, -0.25) is 0 Å². The number of hydrogen-bond acceptors (Lipinski definition) is 0. The molecule has 2 rings (SSSR count). The van der Waals surface area contributed by atoms with E-state index in [0.29, 0.717) is 0 Å². The molecule has 0 N–H and O–H groups in total. The summed E-state index contributed by atoms with van der Waals surface area (Å²) in [4.78, 5) is 0. The van der Waals surface area contributed by atoms with E-state index in [0.717, 1.165) is 11.4 Å². The van der Waals surface area contributed by atoms with Crippen molar-refractivity contribution in [3.05, 3.63) is 59.1 Å². The van der Waals surface area contributed by atoms with Crippen LogP contribution < -0.4 is 34.0 Å². The third kappa shape index (κ3) is 5.62. The summed E-state index contributed by atoms with van der Waals surface area (Å²) >= 11 is 5.85. The molecule has 2 aromatic rings. The van der Waals surface area contributed by atoms with E-state index in [1.807, 2.05) is 24.3 Å². The van der Waals surface area contributed by atoms with Gasteiger partial charge in [-0.25, -0.2) is 0 Å². The monoisotopic (exact) mass is 398 g/mol. The number of rotatable bonds is 2. The van der Waals surface area contributed by atoms with Crippen molar-refractivity contribution in [3.8, 4) is 11.1 Å². The Morgan fingerprint density at radius 3 is 1.56 bits per heavy atom. The van der Waals surface area contributed by atoms with Crippen molar-refractivity contribution >= 4 is 34.7 Å². The van der Waals surface area contributed by atoms with Gasteiger partial charge < -0.3 is 34.0 Å². The molecule has 0 heterocycles. The zero-order chi connectivity index (χ0) is 10.7. The third-order valence-corrected chi connectivity index (χ3v) is 2.79. The first-order valence-corrected chi connectivity index (χ1v) is 5.52. The smallest absolute Gasteiger partial charge is 1.00 e. The average Bonchev–Trinajstić information content (AvgIpc) is 2.30. The Morgan fingerprint density at radius 1 is 0.778 bits per heavy atom. The zero-order valence-electron chi connectivity index (χ0n) is 10.2. The van der Waals surface area contributed by atoms with Gasteiger partial charge >= 0.3 is 23.1 Å². The molecule has 0 saturated heterocycles. The Kier molecular flexibility index (Phi) is 11.8. The summed E-state index contributed by atoms with van der Waals surface area (Å²) in [6, 6.07) is 16.6. The maximum atomic E-state index is 5.85. The molecule has 0 nitrogen and oxygen atoms in total. The zero-order valence-corrected chi connectivity index (χ0v) is 15.5. The van der Waals surface area contributed by atoms with Crippen molar-refractivity contribution in [1.29, 1.82) is 0 Å². The fraction of sp³-hybridized carbons (Fsp3) is 0.143. The van der Waals surface area contributed by atoms with E-state index in [4.69, 9.17) is 11.6 Å². The van der Waals surface area contributed by atoms with Crippen LogP contribution in [-0.2, 0) is 6.42 Å². The molecule has 0 aromatic heterocycles. The van der Waals surface area contributed by atoms with Gasteiger partial charge in [-0.15, -0.1) is 0 Å². The Labute approximate surface area is 151 Å². The first-order valence-electron chi connectivity index (χ1n) is 5.14. The second-order valence-electron chi connectivity index (χ2n) is 3.56. The summed E-state index contributed by atoms with van der Waals surface area (Å²) in [6.07, 6.45) is 1.08. The molecule has 0 atom stereocenters. The molecule has 0 bridgehead atoms. The van der Waals surface area contributed by atoms with Gasteiger partial charge in [0.05, 0.1) is 0 Å². The van der Waals surface area contributed by atoms with Gasteiger partial charge in [0.1, 0.15) is 0 Å². The van der Waals surface area contributed by atoms with Gasteiger partial charge in [-0.1, -0.05) is 54.9 Å². The van der Waals surface area contributed by atoms with Gasteiger partial charge in [0.15, 0.2) is 0 Å². The Balaban J connectivity index is 0. The normalized spacial score (nSPS) is 8.56. The second kappa shape index (κ2) is 10.3. The van der Waals surface area contributed by atoms with Crippen molar-refractivity contribution < 1.29 is 34.0 Å². The molecule has 4 heteroatoms. The summed E-state index contributed by atoms with van der Waals surface area (Å²) in [5.41, 5.74) is 3.82. The van der Waals surface area contributed by atoms with Crippen LogP contribution >= 0.6 is 11.6 Å². The number of hydrogen-bond donors (Lipinski definition) is 0. The molecular weight excluding hydrogens is 388 g/mol. The van der Waals surface area contributed by atoms with Crippen molar-refractivity contribution in [3.63, 3.8) is 0 Å². The quantitative estimate of drug-likeness (QED) is 0.522. The number of benzene rings is 2. The molecule has 0 unspecified atom stereocenters. The molecule has 18 heavy (non-hydrogen) atoms. The molecule has 0 aliphatic heterocycles. The molecular formula is C14H13Br2ClMg. The minimum absolute atomic E-state index is 0. The van der Waals surface area contributed by atoms with Crippen LogP contribution in [0.15, 0.2) is 48.5 Å². The van der Waals surface area contributed by atoms with Crippen molar-refractivity contribution in [2.45, 2.75) is 13.3 Å². The molecule has 0 aliphatic rings. The minimum Gasteiger partial charge on any atom is -1.00 e. The van der Waals surface area contributed by atoms with Crippen LogP contribution in [0.1, 0.15) is 12.5 Å². The van der Waals surface area contributed by atoms with Crippen LogP contribution in [0.2, 0.25) is 5.02 Å². The summed E-state index contributed by atoms with van der Waals surface area (Å²) in [5.74, 6) is 0. The fourth-order valence-corrected chi connectivity index (χ4v) is 1.70. The minimum atomic E-state index is 0. The SMILES string of the molecule is CCc1ccc(-c2ccc(Cl)cc2)cc1.[Br-].[Br-].[Mg+2]. The predicted octanol–water partition coefficient (Wildman–Crippen LogP) is -1.80. The molecule has 0 amide bonds. The van der Waals surface area contributed by atoms with E-state index in [1.165, 1.54) is 16.7 Å². The fourth-order valence-electron chi connectivity index (χ4n) is 1.58. The van der Waals surface area contributed by atoms with Gasteiger partial charge in [0.25, 0.3) is 0 Å². The first-order chi connectivity index (χ1) is 7.29. The van der Waals surface area contributed by atoms with Crippen LogP contribution in [-0.4, -0.2) is 23.1 Å². The maximum absolute atomic E-state index is 5.85. The molecule has 0 saturated carbocycles. The van der Waals surface area contributed by atoms with Crippen molar-refractivity contribution in [1.82, 2.24) is 0 Å². The summed E-state index contributed by atoms with van der Waals surface area (Å²) in [7, 11) is 0. The van der Waals surface area contributed by atoms with Gasteiger partial charge in [-0.05, 0) is 35.2 Å². The predicted molar refractivity (Wildman–Crippen MR) is 72.0 cm³/mol. The van der Waals surface area contributed by atoms with E-state index >= 15 is 0 Å². The van der Waals surface area contributed by atoms with E-state index in [9.17, 15) is 0 Å². The maximum Gasteiger partial charge on any atom is 2.00 e. The van der Waals surface area contributed by atoms with Gasteiger partial charge in [0, 0.05) is 5.02 Å². The van der Waals surface area contributed by atoms with Crippen LogP contribution in [0, 0.1) is 0 Å². The molecule has 0 radical (unpaired) electrons. The van der Waals surface area contributed by atoms with Gasteiger partial charge in [0.2, 0.25) is 0 Å². The van der Waals surface area contributed by atoms with Crippen LogP contribution in [0.4, 0.5) is 0 Å². The molecule has 92 valence electrons. The van der Waals surface area contributed by atoms with Crippen LogP contribution in [0.25, 0.3) is 11.1 Å². The first kappa shape index (κ1) is 20.8. The van der Waals surface area contributed by atoms with E-state index in [2.05, 4.69) is 31.2 Å². The topological polar surface area (TPSA) is 0 Å². The average molecular weight is 401 g/mol. The Morgan fingerprint density at radius 2 is 1.17 bits per heavy atom. The van der Waals surface area contributed by atoms with Crippen LogP contribution in [0.5, 0.6) is 0 Å². The van der Waals surface area contributed by atoms with Gasteiger partial charge in [-0.2, -0.15) is 0 Å². The molecule has 2 aromatic carbocycles. The number of aryl methyl sites for hydroxylation is 1. The summed E-state index contributed by atoms with van der Waals surface area (Å²) < 4.78 is 0. The largest absolute Gasteiger partial charge is 2.00 e. The molecule has 0 fully saturated rings. The van der Waals surface area contributed by atoms with Crippen molar-refractivity contribution in [2.24, 2.45) is 0 Å². The Bertz CT molecular complexity index is 440. The van der Waals surface area contributed by atoms with Crippen molar-refractivity contribution in [2.75, 3.05) is 0 Å². The van der Waals surface area contributed by atoms with E-state index < -0.39 is 0 Å². The summed E-state index contributed by atoms with van der Waals surface area (Å²) in [5, 5.41) is 0.781. The standard InChI is InChI=1S/C14H13Cl.2BrH.Mg/c1-2-11-3-5-12(6-4-11)13-7-9-14(15)10-8-13;;;/h3-10H,2H2,1H3;2*1H;/q;;;+2/p-2.